The molecule has 1 amide bonds. The van der Waals surface area contributed by atoms with Crippen LogP contribution < -0.4 is 0 Å². The van der Waals surface area contributed by atoms with E-state index in [9.17, 15) is 14.3 Å². The average molecular weight is 354 g/mol. The van der Waals surface area contributed by atoms with Crippen LogP contribution in [0.4, 0.5) is 4.39 Å². The Labute approximate surface area is 143 Å². The maximum Gasteiger partial charge on any atom is 0.252 e. The first-order chi connectivity index (χ1) is 11.0. The summed E-state index contributed by atoms with van der Waals surface area (Å²) in [4.78, 5) is 13.9. The molecule has 3 rings (SSSR count). The van der Waals surface area contributed by atoms with Gasteiger partial charge in [0.1, 0.15) is 11.9 Å². The lowest BCUT2D eigenvalue weighted by Crippen LogP contribution is -2.37. The molecule has 0 bridgehead atoms. The predicted octanol–water partition coefficient (Wildman–Crippen LogP) is 3.58. The first-order valence-electron chi connectivity index (χ1n) is 7.13. The highest BCUT2D eigenvalue weighted by Gasteiger charge is 2.30. The van der Waals surface area contributed by atoms with Gasteiger partial charge in [0.25, 0.3) is 5.91 Å². The van der Waals surface area contributed by atoms with Crippen molar-refractivity contribution >= 4 is 29.1 Å². The molecular weight excluding hydrogens is 340 g/mol. The van der Waals surface area contributed by atoms with Crippen molar-refractivity contribution in [2.45, 2.75) is 25.6 Å². The Kier molecular flexibility index (Phi) is 4.57. The van der Waals surface area contributed by atoms with Gasteiger partial charge in [-0.3, -0.25) is 4.79 Å². The number of hydrogen-bond donors (Lipinski definition) is 1. The normalized spacial score (nSPS) is 14.7. The van der Waals surface area contributed by atoms with Gasteiger partial charge in [-0.1, -0.05) is 41.4 Å². The van der Waals surface area contributed by atoms with Crippen molar-refractivity contribution < 1.29 is 14.3 Å². The third-order valence-corrected chi connectivity index (χ3v) is 4.69. The van der Waals surface area contributed by atoms with Crippen LogP contribution in [0.3, 0.4) is 0 Å². The summed E-state index contributed by atoms with van der Waals surface area (Å²) < 4.78 is 13.8. The second-order valence-electron chi connectivity index (χ2n) is 5.49. The van der Waals surface area contributed by atoms with Crippen LogP contribution in [0.15, 0.2) is 36.4 Å². The van der Waals surface area contributed by atoms with Gasteiger partial charge in [-0.15, -0.1) is 0 Å². The summed E-state index contributed by atoms with van der Waals surface area (Å²) in [6.45, 7) is 0.729. The van der Waals surface area contributed by atoms with Gasteiger partial charge in [-0.2, -0.15) is 0 Å². The number of hydrogen-bond acceptors (Lipinski definition) is 2. The number of rotatable bonds is 3. The van der Waals surface area contributed by atoms with E-state index in [0.717, 1.165) is 11.1 Å². The van der Waals surface area contributed by atoms with Crippen LogP contribution >= 0.6 is 23.2 Å². The highest BCUT2D eigenvalue weighted by molar-refractivity contribution is 6.31. The molecule has 23 heavy (non-hydrogen) atoms. The first-order valence-corrected chi connectivity index (χ1v) is 7.89. The van der Waals surface area contributed by atoms with E-state index >= 15 is 0 Å². The molecule has 1 N–H and O–H groups in total. The van der Waals surface area contributed by atoms with Crippen LogP contribution in [0.25, 0.3) is 0 Å². The molecule has 0 fully saturated rings. The number of aliphatic hydroxyl groups is 1. The van der Waals surface area contributed by atoms with Gasteiger partial charge in [-0.05, 0) is 29.3 Å². The van der Waals surface area contributed by atoms with Crippen molar-refractivity contribution in [3.8, 4) is 0 Å². The van der Waals surface area contributed by atoms with Crippen LogP contribution in [0, 0.1) is 5.82 Å². The zero-order chi connectivity index (χ0) is 16.6. The summed E-state index contributed by atoms with van der Waals surface area (Å²) in [5.41, 5.74) is 1.99. The third-order valence-electron chi connectivity index (χ3n) is 3.98. The molecule has 0 aliphatic carbocycles. The molecule has 0 unspecified atom stereocenters. The predicted molar refractivity (Wildman–Crippen MR) is 86.8 cm³/mol. The molecule has 0 saturated carbocycles. The van der Waals surface area contributed by atoms with Crippen LogP contribution in [0.2, 0.25) is 10.0 Å². The molecule has 0 spiro atoms. The minimum atomic E-state index is -1.35. The zero-order valence-corrected chi connectivity index (χ0v) is 13.6. The zero-order valence-electron chi connectivity index (χ0n) is 12.1. The maximum absolute atomic E-state index is 13.8. The van der Waals surface area contributed by atoms with Gasteiger partial charge in [0, 0.05) is 35.1 Å². The van der Waals surface area contributed by atoms with Crippen molar-refractivity contribution in [3.63, 3.8) is 0 Å². The van der Waals surface area contributed by atoms with E-state index in [1.165, 1.54) is 23.1 Å². The summed E-state index contributed by atoms with van der Waals surface area (Å²) in [6.07, 6.45) is -1.51. The van der Waals surface area contributed by atoms with Gasteiger partial charge in [0.2, 0.25) is 0 Å². The molecule has 0 radical (unpaired) electrons. The highest BCUT2D eigenvalue weighted by atomic mass is 35.5. The van der Waals surface area contributed by atoms with Crippen LogP contribution in [0.1, 0.15) is 16.7 Å². The number of benzene rings is 2. The van der Waals surface area contributed by atoms with Gasteiger partial charge in [0.15, 0.2) is 0 Å². The molecule has 2 aromatic rings. The summed E-state index contributed by atoms with van der Waals surface area (Å²) >= 11 is 12.1. The van der Waals surface area contributed by atoms with E-state index in [2.05, 4.69) is 0 Å². The fourth-order valence-electron chi connectivity index (χ4n) is 2.76. The summed E-state index contributed by atoms with van der Waals surface area (Å²) in [7, 11) is 0. The van der Waals surface area contributed by atoms with Gasteiger partial charge < -0.3 is 10.0 Å². The van der Waals surface area contributed by atoms with Crippen LogP contribution in [-0.4, -0.2) is 22.0 Å². The molecule has 3 nitrogen and oxygen atoms in total. The van der Waals surface area contributed by atoms with E-state index < -0.39 is 17.8 Å². The Morgan fingerprint density at radius 2 is 1.87 bits per heavy atom. The van der Waals surface area contributed by atoms with E-state index in [1.54, 1.807) is 6.07 Å². The quantitative estimate of drug-likeness (QED) is 0.915. The average Bonchev–Trinajstić information content (AvgIpc) is 2.95. The lowest BCUT2D eigenvalue weighted by Gasteiger charge is -2.20. The summed E-state index contributed by atoms with van der Waals surface area (Å²) in [5.74, 6) is -0.992. The smallest absolute Gasteiger partial charge is 0.252 e. The molecule has 6 heteroatoms. The molecule has 2 aromatic carbocycles. The van der Waals surface area contributed by atoms with Crippen molar-refractivity contribution in [1.29, 1.82) is 0 Å². The Hall–Kier alpha value is -1.62. The standard InChI is InChI=1S/C17H14Cl2FNO2/c18-13-5-2-6-15(20)11(13)7-16(22)17(23)21-8-10-3-1-4-14(19)12(10)9-21/h1-6,16,22H,7-9H2/t16-/m0/s1. The third kappa shape index (κ3) is 3.20. The maximum atomic E-state index is 13.8. The summed E-state index contributed by atoms with van der Waals surface area (Å²) in [6, 6.07) is 9.75. The molecule has 0 aromatic heterocycles. The molecule has 120 valence electrons. The minimum absolute atomic E-state index is 0.143. The highest BCUT2D eigenvalue weighted by Crippen LogP contribution is 2.30. The summed E-state index contributed by atoms with van der Waals surface area (Å²) in [5, 5.41) is 11.0. The lowest BCUT2D eigenvalue weighted by molar-refractivity contribution is -0.140. The Bertz CT molecular complexity index is 746. The Morgan fingerprint density at radius 1 is 1.17 bits per heavy atom. The van der Waals surface area contributed by atoms with Crippen molar-refractivity contribution in [2.24, 2.45) is 0 Å². The van der Waals surface area contributed by atoms with Gasteiger partial charge >= 0.3 is 0 Å². The largest absolute Gasteiger partial charge is 0.383 e. The molecule has 0 saturated heterocycles. The topological polar surface area (TPSA) is 40.5 Å². The Morgan fingerprint density at radius 3 is 2.57 bits per heavy atom. The molecule has 1 atom stereocenters. The van der Waals surface area contributed by atoms with E-state index in [1.807, 2.05) is 12.1 Å². The van der Waals surface area contributed by atoms with Crippen molar-refractivity contribution in [2.75, 3.05) is 0 Å². The molecule has 1 heterocycles. The molecule has 1 aliphatic heterocycles. The second-order valence-corrected chi connectivity index (χ2v) is 6.31. The fourth-order valence-corrected chi connectivity index (χ4v) is 3.25. The SMILES string of the molecule is O=C([C@@H](O)Cc1c(F)cccc1Cl)N1Cc2cccc(Cl)c2C1. The number of fused-ring (bicyclic) bond motifs is 1. The molecular formula is C17H14Cl2FNO2. The van der Waals surface area contributed by atoms with E-state index in [-0.39, 0.29) is 17.0 Å². The van der Waals surface area contributed by atoms with E-state index in [0.29, 0.717) is 18.1 Å². The lowest BCUT2D eigenvalue weighted by atomic mass is 10.1. The minimum Gasteiger partial charge on any atom is -0.383 e. The number of carbonyl (C=O) groups excluding carboxylic acids is 1. The number of nitrogens with zero attached hydrogens (tertiary/aromatic N) is 1. The van der Waals surface area contributed by atoms with Crippen molar-refractivity contribution in [3.05, 3.63) is 69.0 Å². The monoisotopic (exact) mass is 353 g/mol. The van der Waals surface area contributed by atoms with Crippen LogP contribution in [-0.2, 0) is 24.3 Å². The first kappa shape index (κ1) is 16.2. The second kappa shape index (κ2) is 6.48. The number of halogens is 3. The van der Waals surface area contributed by atoms with E-state index in [4.69, 9.17) is 23.2 Å². The van der Waals surface area contributed by atoms with Gasteiger partial charge in [0.05, 0.1) is 0 Å². The fraction of sp³-hybridized carbons (Fsp3) is 0.235. The van der Waals surface area contributed by atoms with Crippen LogP contribution in [0.5, 0.6) is 0 Å². The number of carbonyl (C=O) groups is 1. The van der Waals surface area contributed by atoms with Crippen molar-refractivity contribution in [1.82, 2.24) is 4.90 Å². The number of aliphatic hydroxyl groups excluding tert-OH is 1. The molecule has 1 aliphatic rings. The number of amides is 1. The Balaban J connectivity index is 1.73. The van der Waals surface area contributed by atoms with Gasteiger partial charge in [-0.25, -0.2) is 4.39 Å².